The second kappa shape index (κ2) is 6.83. The standard InChI is InChI=1S/C14H14Cl2N2O3/c1-2-3-21-13-6-17-10(5-12(13)19)8-18-7-9(15)4-11(16)14(18)20/h4-7H,2-3,8H2,1H3,(H,17,19). The van der Waals surface area contributed by atoms with E-state index >= 15 is 0 Å². The SMILES string of the molecule is CCCOc1c[nH]c(Cn2cc(Cl)cc(Cl)c2=O)cc1=O. The van der Waals surface area contributed by atoms with E-state index in [9.17, 15) is 9.59 Å². The molecule has 0 aliphatic rings. The molecule has 0 bridgehead atoms. The first-order chi connectivity index (χ1) is 10.0. The van der Waals surface area contributed by atoms with Gasteiger partial charge in [0.15, 0.2) is 5.75 Å². The third kappa shape index (κ3) is 3.89. The Hall–Kier alpha value is -1.72. The Balaban J connectivity index is 2.27. The second-order valence-corrected chi connectivity index (χ2v) is 5.32. The predicted molar refractivity (Wildman–Crippen MR) is 82.7 cm³/mol. The van der Waals surface area contributed by atoms with Crippen LogP contribution in [0, 0.1) is 0 Å². The van der Waals surface area contributed by atoms with Crippen molar-refractivity contribution in [3.8, 4) is 5.75 Å². The van der Waals surface area contributed by atoms with Crippen LogP contribution in [0.3, 0.4) is 0 Å². The van der Waals surface area contributed by atoms with E-state index in [0.29, 0.717) is 17.3 Å². The fraction of sp³-hybridized carbons (Fsp3) is 0.286. The number of H-pyrrole nitrogens is 1. The van der Waals surface area contributed by atoms with Crippen LogP contribution >= 0.6 is 23.2 Å². The number of hydrogen-bond donors (Lipinski definition) is 1. The van der Waals surface area contributed by atoms with Crippen LogP contribution in [0.5, 0.6) is 5.75 Å². The van der Waals surface area contributed by atoms with Gasteiger partial charge in [0, 0.05) is 24.2 Å². The Morgan fingerprint density at radius 3 is 2.71 bits per heavy atom. The molecule has 0 atom stereocenters. The predicted octanol–water partition coefficient (Wildman–Crippen LogP) is 2.68. The van der Waals surface area contributed by atoms with Gasteiger partial charge in [0.25, 0.3) is 5.56 Å². The highest BCUT2D eigenvalue weighted by Gasteiger charge is 2.07. The quantitative estimate of drug-likeness (QED) is 0.917. The molecule has 0 aliphatic carbocycles. The van der Waals surface area contributed by atoms with E-state index in [-0.39, 0.29) is 28.3 Å². The first-order valence-corrected chi connectivity index (χ1v) is 7.16. The maximum Gasteiger partial charge on any atom is 0.269 e. The minimum Gasteiger partial charge on any atom is -0.488 e. The Kier molecular flexibility index (Phi) is 5.09. The molecule has 2 aromatic rings. The van der Waals surface area contributed by atoms with E-state index in [1.54, 1.807) is 0 Å². The number of pyridine rings is 2. The molecule has 0 saturated carbocycles. The van der Waals surface area contributed by atoms with Crippen molar-refractivity contribution in [2.75, 3.05) is 6.61 Å². The molecule has 21 heavy (non-hydrogen) atoms. The van der Waals surface area contributed by atoms with Crippen LogP contribution in [0.2, 0.25) is 10.0 Å². The summed E-state index contributed by atoms with van der Waals surface area (Å²) >= 11 is 11.7. The number of rotatable bonds is 5. The minimum absolute atomic E-state index is 0.0350. The van der Waals surface area contributed by atoms with Gasteiger partial charge >= 0.3 is 0 Å². The largest absolute Gasteiger partial charge is 0.488 e. The fourth-order valence-electron chi connectivity index (χ4n) is 1.78. The third-order valence-corrected chi connectivity index (χ3v) is 3.23. The van der Waals surface area contributed by atoms with Gasteiger partial charge in [-0.1, -0.05) is 30.1 Å². The van der Waals surface area contributed by atoms with Gasteiger partial charge in [0.05, 0.1) is 18.2 Å². The van der Waals surface area contributed by atoms with Crippen molar-refractivity contribution in [2.45, 2.75) is 19.9 Å². The summed E-state index contributed by atoms with van der Waals surface area (Å²) in [6, 6.07) is 2.78. The first kappa shape index (κ1) is 15.7. The lowest BCUT2D eigenvalue weighted by atomic mass is 10.3. The van der Waals surface area contributed by atoms with Gasteiger partial charge in [0.1, 0.15) is 5.02 Å². The van der Waals surface area contributed by atoms with Crippen molar-refractivity contribution in [2.24, 2.45) is 0 Å². The van der Waals surface area contributed by atoms with Gasteiger partial charge in [-0.3, -0.25) is 9.59 Å². The molecule has 0 aliphatic heterocycles. The van der Waals surface area contributed by atoms with E-state index in [2.05, 4.69) is 4.98 Å². The molecule has 2 rings (SSSR count). The highest BCUT2D eigenvalue weighted by molar-refractivity contribution is 6.34. The lowest BCUT2D eigenvalue weighted by molar-refractivity contribution is 0.313. The van der Waals surface area contributed by atoms with Crippen LogP contribution in [0.4, 0.5) is 0 Å². The lowest BCUT2D eigenvalue weighted by Gasteiger charge is -2.08. The van der Waals surface area contributed by atoms with Gasteiger partial charge in [-0.2, -0.15) is 0 Å². The Labute approximate surface area is 131 Å². The van der Waals surface area contributed by atoms with Gasteiger partial charge in [-0.25, -0.2) is 0 Å². The van der Waals surface area contributed by atoms with Gasteiger partial charge in [-0.05, 0) is 12.5 Å². The summed E-state index contributed by atoms with van der Waals surface area (Å²) in [7, 11) is 0. The Bertz CT molecular complexity index is 753. The van der Waals surface area contributed by atoms with E-state index in [4.69, 9.17) is 27.9 Å². The molecule has 0 spiro atoms. The maximum atomic E-state index is 11.9. The van der Waals surface area contributed by atoms with Crippen molar-refractivity contribution < 1.29 is 4.74 Å². The Morgan fingerprint density at radius 1 is 1.29 bits per heavy atom. The van der Waals surface area contributed by atoms with Crippen molar-refractivity contribution >= 4 is 23.2 Å². The average Bonchev–Trinajstić information content (AvgIpc) is 2.43. The Morgan fingerprint density at radius 2 is 2.05 bits per heavy atom. The molecule has 0 unspecified atom stereocenters. The minimum atomic E-state index is -0.367. The van der Waals surface area contributed by atoms with Crippen LogP contribution < -0.4 is 15.7 Å². The summed E-state index contributed by atoms with van der Waals surface area (Å²) in [5.41, 5.74) is -0.0455. The van der Waals surface area contributed by atoms with Crippen molar-refractivity contribution in [1.82, 2.24) is 9.55 Å². The van der Waals surface area contributed by atoms with Gasteiger partial charge < -0.3 is 14.3 Å². The van der Waals surface area contributed by atoms with E-state index in [1.165, 1.54) is 29.1 Å². The molecule has 0 radical (unpaired) electrons. The molecule has 7 heteroatoms. The van der Waals surface area contributed by atoms with Crippen LogP contribution in [-0.2, 0) is 6.54 Å². The summed E-state index contributed by atoms with van der Waals surface area (Å²) in [6.07, 6.45) is 3.78. The summed E-state index contributed by atoms with van der Waals surface area (Å²) in [6.45, 7) is 2.60. The number of halogens is 2. The monoisotopic (exact) mass is 328 g/mol. The van der Waals surface area contributed by atoms with Crippen molar-refractivity contribution in [1.29, 1.82) is 0 Å². The highest BCUT2D eigenvalue weighted by atomic mass is 35.5. The van der Waals surface area contributed by atoms with E-state index < -0.39 is 0 Å². The zero-order valence-electron chi connectivity index (χ0n) is 11.4. The molecule has 0 fully saturated rings. The molecule has 1 N–H and O–H groups in total. The molecule has 2 aromatic heterocycles. The third-order valence-electron chi connectivity index (χ3n) is 2.75. The second-order valence-electron chi connectivity index (χ2n) is 4.47. The number of aromatic amines is 1. The van der Waals surface area contributed by atoms with Crippen molar-refractivity contribution in [3.63, 3.8) is 0 Å². The zero-order chi connectivity index (χ0) is 15.4. The smallest absolute Gasteiger partial charge is 0.269 e. The first-order valence-electron chi connectivity index (χ1n) is 6.41. The molecule has 0 saturated heterocycles. The molecule has 0 aromatic carbocycles. The van der Waals surface area contributed by atoms with E-state index in [0.717, 1.165) is 6.42 Å². The number of nitrogens with one attached hydrogen (secondary N) is 1. The molecule has 2 heterocycles. The topological polar surface area (TPSA) is 64.1 Å². The van der Waals surface area contributed by atoms with Crippen LogP contribution in [0.25, 0.3) is 0 Å². The maximum absolute atomic E-state index is 11.9. The summed E-state index contributed by atoms with van der Waals surface area (Å²) < 4.78 is 6.63. The summed E-state index contributed by atoms with van der Waals surface area (Å²) in [4.78, 5) is 26.7. The average molecular weight is 329 g/mol. The van der Waals surface area contributed by atoms with Gasteiger partial charge in [-0.15, -0.1) is 0 Å². The van der Waals surface area contributed by atoms with Crippen LogP contribution in [-0.4, -0.2) is 16.2 Å². The molecule has 0 amide bonds. The summed E-state index contributed by atoms with van der Waals surface area (Å²) in [5.74, 6) is 0.261. The molecular weight excluding hydrogens is 315 g/mol. The van der Waals surface area contributed by atoms with E-state index in [1.807, 2.05) is 6.92 Å². The highest BCUT2D eigenvalue weighted by Crippen LogP contribution is 2.12. The molecule has 5 nitrogen and oxygen atoms in total. The summed E-state index contributed by atoms with van der Waals surface area (Å²) in [5, 5.41) is 0.387. The normalized spacial score (nSPS) is 10.6. The zero-order valence-corrected chi connectivity index (χ0v) is 12.9. The van der Waals surface area contributed by atoms with Gasteiger partial charge in [0.2, 0.25) is 5.43 Å². The van der Waals surface area contributed by atoms with Crippen molar-refractivity contribution in [3.05, 3.63) is 60.8 Å². The molecule has 112 valence electrons. The van der Waals surface area contributed by atoms with Crippen LogP contribution in [0.15, 0.2) is 34.1 Å². The molecular formula is C14H14Cl2N2O3. The number of nitrogens with zero attached hydrogens (tertiary/aromatic N) is 1. The fourth-order valence-corrected chi connectivity index (χ4v) is 2.29. The number of aromatic nitrogens is 2. The number of ether oxygens (including phenoxy) is 1. The van der Waals surface area contributed by atoms with Crippen LogP contribution in [0.1, 0.15) is 19.0 Å². The lowest BCUT2D eigenvalue weighted by Crippen LogP contribution is -2.21. The number of hydrogen-bond acceptors (Lipinski definition) is 3.